The summed E-state index contributed by atoms with van der Waals surface area (Å²) in [7, 11) is 0. The highest BCUT2D eigenvalue weighted by molar-refractivity contribution is 5.79. The monoisotopic (exact) mass is 176 g/mol. The fraction of sp³-hybridized carbons (Fsp3) is 0.364. The first-order chi connectivity index (χ1) is 6.27. The van der Waals surface area contributed by atoms with Crippen LogP contribution in [0.25, 0.3) is 0 Å². The van der Waals surface area contributed by atoms with Crippen LogP contribution in [0.2, 0.25) is 0 Å². The van der Waals surface area contributed by atoms with Crippen molar-refractivity contribution in [1.29, 1.82) is 0 Å². The van der Waals surface area contributed by atoms with Gasteiger partial charge in [0.1, 0.15) is 11.5 Å². The molecule has 1 atom stereocenters. The van der Waals surface area contributed by atoms with Crippen LogP contribution in [0.4, 0.5) is 0 Å². The van der Waals surface area contributed by atoms with E-state index >= 15 is 0 Å². The second-order valence-corrected chi connectivity index (χ2v) is 3.43. The van der Waals surface area contributed by atoms with E-state index < -0.39 is 0 Å². The summed E-state index contributed by atoms with van der Waals surface area (Å²) in [6.07, 6.45) is 0.825. The zero-order valence-corrected chi connectivity index (χ0v) is 7.62. The zero-order valence-electron chi connectivity index (χ0n) is 7.62. The van der Waals surface area contributed by atoms with Crippen molar-refractivity contribution in [2.75, 3.05) is 6.61 Å². The molecule has 0 fully saturated rings. The van der Waals surface area contributed by atoms with E-state index in [-0.39, 0.29) is 11.7 Å². The van der Waals surface area contributed by atoms with Crippen molar-refractivity contribution >= 4 is 5.78 Å². The minimum Gasteiger partial charge on any atom is -0.493 e. The normalized spacial score (nSPS) is 20.2. The maximum atomic E-state index is 11.1. The molecule has 1 unspecified atom stereocenters. The summed E-state index contributed by atoms with van der Waals surface area (Å²) in [5, 5.41) is 0. The number of fused-ring (bicyclic) bond motifs is 1. The largest absolute Gasteiger partial charge is 0.493 e. The van der Waals surface area contributed by atoms with E-state index in [4.69, 9.17) is 4.74 Å². The summed E-state index contributed by atoms with van der Waals surface area (Å²) < 4.78 is 5.48. The van der Waals surface area contributed by atoms with Crippen molar-refractivity contribution in [3.63, 3.8) is 0 Å². The van der Waals surface area contributed by atoms with E-state index in [1.807, 2.05) is 24.3 Å². The Labute approximate surface area is 77.5 Å². The quantitative estimate of drug-likeness (QED) is 0.652. The number of carbonyl (C=O) groups is 1. The number of para-hydroxylation sites is 1. The highest BCUT2D eigenvalue weighted by Crippen LogP contribution is 2.26. The molecule has 2 rings (SSSR count). The molecule has 1 aliphatic heterocycles. The van der Waals surface area contributed by atoms with E-state index in [9.17, 15) is 4.79 Å². The van der Waals surface area contributed by atoms with Crippen LogP contribution in [0.15, 0.2) is 24.3 Å². The minimum atomic E-state index is 0.0508. The molecule has 13 heavy (non-hydrogen) atoms. The molecule has 0 radical (unpaired) electrons. The highest BCUT2D eigenvalue weighted by atomic mass is 16.5. The van der Waals surface area contributed by atoms with Gasteiger partial charge in [0.2, 0.25) is 0 Å². The minimum absolute atomic E-state index is 0.0508. The number of Topliss-reactive ketones (excluding diaryl/α,β-unsaturated/α-hetero) is 1. The maximum Gasteiger partial charge on any atom is 0.136 e. The van der Waals surface area contributed by atoms with Crippen molar-refractivity contribution in [2.24, 2.45) is 5.92 Å². The van der Waals surface area contributed by atoms with Gasteiger partial charge in [-0.3, -0.25) is 4.79 Å². The van der Waals surface area contributed by atoms with Crippen LogP contribution < -0.4 is 4.74 Å². The second kappa shape index (κ2) is 3.21. The number of benzene rings is 1. The maximum absolute atomic E-state index is 11.1. The molecule has 2 nitrogen and oxygen atoms in total. The Morgan fingerprint density at radius 3 is 3.00 bits per heavy atom. The lowest BCUT2D eigenvalue weighted by molar-refractivity contribution is -0.121. The van der Waals surface area contributed by atoms with Crippen molar-refractivity contribution in [2.45, 2.75) is 13.3 Å². The number of ketones is 1. The van der Waals surface area contributed by atoms with Gasteiger partial charge < -0.3 is 4.74 Å². The molecule has 0 aromatic heterocycles. The van der Waals surface area contributed by atoms with Gasteiger partial charge in [0.25, 0.3) is 0 Å². The van der Waals surface area contributed by atoms with E-state index in [2.05, 4.69) is 0 Å². The highest BCUT2D eigenvalue weighted by Gasteiger charge is 2.22. The average molecular weight is 176 g/mol. The Morgan fingerprint density at radius 1 is 1.46 bits per heavy atom. The van der Waals surface area contributed by atoms with E-state index in [1.165, 1.54) is 0 Å². The van der Waals surface area contributed by atoms with Crippen LogP contribution in [-0.2, 0) is 11.2 Å². The fourth-order valence-corrected chi connectivity index (χ4v) is 1.59. The Balaban J connectivity index is 2.24. The van der Waals surface area contributed by atoms with Crippen LogP contribution in [0.3, 0.4) is 0 Å². The molecule has 1 aliphatic rings. The predicted octanol–water partition coefficient (Wildman–Crippen LogP) is 1.83. The van der Waals surface area contributed by atoms with Crippen molar-refractivity contribution in [1.82, 2.24) is 0 Å². The number of rotatable bonds is 1. The molecule has 1 aromatic rings. The number of hydrogen-bond donors (Lipinski definition) is 0. The Bertz CT molecular complexity index is 331. The van der Waals surface area contributed by atoms with Gasteiger partial charge in [-0.1, -0.05) is 18.2 Å². The first kappa shape index (κ1) is 8.30. The van der Waals surface area contributed by atoms with Gasteiger partial charge in [-0.25, -0.2) is 0 Å². The first-order valence-electron chi connectivity index (χ1n) is 4.48. The summed E-state index contributed by atoms with van der Waals surface area (Å²) in [4.78, 5) is 11.1. The fourth-order valence-electron chi connectivity index (χ4n) is 1.59. The van der Waals surface area contributed by atoms with E-state index in [0.29, 0.717) is 6.61 Å². The molecule has 1 heterocycles. The molecule has 68 valence electrons. The van der Waals surface area contributed by atoms with Gasteiger partial charge in [-0.15, -0.1) is 0 Å². The molecule has 2 heteroatoms. The standard InChI is InChI=1S/C11H12O2/c1-8(12)10-6-9-4-2-3-5-11(9)13-7-10/h2-5,10H,6-7H2,1H3. The third-order valence-electron chi connectivity index (χ3n) is 2.45. The van der Waals surface area contributed by atoms with Crippen LogP contribution in [0.1, 0.15) is 12.5 Å². The first-order valence-corrected chi connectivity index (χ1v) is 4.48. The van der Waals surface area contributed by atoms with Gasteiger partial charge in [-0.2, -0.15) is 0 Å². The van der Waals surface area contributed by atoms with Crippen LogP contribution in [0, 0.1) is 5.92 Å². The average Bonchev–Trinajstić information content (AvgIpc) is 2.17. The lowest BCUT2D eigenvalue weighted by Gasteiger charge is -2.23. The Hall–Kier alpha value is -1.31. The molecule has 0 saturated carbocycles. The van der Waals surface area contributed by atoms with Gasteiger partial charge in [-0.05, 0) is 25.0 Å². The van der Waals surface area contributed by atoms with Crippen molar-refractivity contribution < 1.29 is 9.53 Å². The summed E-state index contributed by atoms with van der Waals surface area (Å²) in [5.41, 5.74) is 1.15. The molecule has 0 amide bonds. The van der Waals surface area contributed by atoms with Gasteiger partial charge in [0.05, 0.1) is 12.5 Å². The SMILES string of the molecule is CC(=O)C1COc2ccccc2C1. The molecule has 0 saturated heterocycles. The van der Waals surface area contributed by atoms with Crippen LogP contribution in [-0.4, -0.2) is 12.4 Å². The van der Waals surface area contributed by atoms with Gasteiger partial charge >= 0.3 is 0 Å². The smallest absolute Gasteiger partial charge is 0.136 e. The third-order valence-corrected chi connectivity index (χ3v) is 2.45. The lowest BCUT2D eigenvalue weighted by atomic mass is 9.94. The lowest BCUT2D eigenvalue weighted by Crippen LogP contribution is -2.26. The van der Waals surface area contributed by atoms with Crippen LogP contribution in [0.5, 0.6) is 5.75 Å². The molecule has 0 spiro atoms. The topological polar surface area (TPSA) is 26.3 Å². The summed E-state index contributed by atoms with van der Waals surface area (Å²) in [6, 6.07) is 7.90. The number of carbonyl (C=O) groups excluding carboxylic acids is 1. The molecule has 0 N–H and O–H groups in total. The molecule has 0 bridgehead atoms. The Kier molecular flexibility index (Phi) is 2.05. The zero-order chi connectivity index (χ0) is 9.26. The molecular weight excluding hydrogens is 164 g/mol. The second-order valence-electron chi connectivity index (χ2n) is 3.43. The summed E-state index contributed by atoms with van der Waals surface area (Å²) >= 11 is 0. The molecule has 0 aliphatic carbocycles. The van der Waals surface area contributed by atoms with E-state index in [0.717, 1.165) is 17.7 Å². The number of ether oxygens (including phenoxy) is 1. The van der Waals surface area contributed by atoms with Crippen molar-refractivity contribution in [3.8, 4) is 5.75 Å². The summed E-state index contributed by atoms with van der Waals surface area (Å²) in [6.45, 7) is 2.16. The molecule has 1 aromatic carbocycles. The van der Waals surface area contributed by atoms with Crippen molar-refractivity contribution in [3.05, 3.63) is 29.8 Å². The van der Waals surface area contributed by atoms with Gasteiger partial charge in [0.15, 0.2) is 0 Å². The number of hydrogen-bond acceptors (Lipinski definition) is 2. The predicted molar refractivity (Wildman–Crippen MR) is 49.8 cm³/mol. The van der Waals surface area contributed by atoms with Gasteiger partial charge in [0, 0.05) is 0 Å². The summed E-state index contributed by atoms with van der Waals surface area (Å²) in [5.74, 6) is 1.20. The third kappa shape index (κ3) is 1.57. The van der Waals surface area contributed by atoms with Crippen LogP contribution >= 0.6 is 0 Å². The molecular formula is C11H12O2. The Morgan fingerprint density at radius 2 is 2.23 bits per heavy atom. The van der Waals surface area contributed by atoms with E-state index in [1.54, 1.807) is 6.92 Å².